The van der Waals surface area contributed by atoms with E-state index in [1.54, 1.807) is 0 Å². The number of hydrogen-bond acceptors (Lipinski definition) is 2. The molecule has 1 aromatic heterocycles. The van der Waals surface area contributed by atoms with Crippen LogP contribution >= 0.6 is 11.3 Å². The van der Waals surface area contributed by atoms with Crippen LogP contribution in [0.2, 0.25) is 0 Å². The van der Waals surface area contributed by atoms with Gasteiger partial charge in [-0.3, -0.25) is 4.79 Å². The first-order chi connectivity index (χ1) is 6.66. The van der Waals surface area contributed by atoms with E-state index in [4.69, 9.17) is 5.11 Å². The average Bonchev–Trinajstić information content (AvgIpc) is 2.57. The van der Waals surface area contributed by atoms with E-state index in [2.05, 4.69) is 6.92 Å². The van der Waals surface area contributed by atoms with E-state index in [-0.39, 0.29) is 11.8 Å². The van der Waals surface area contributed by atoms with Crippen molar-refractivity contribution in [3.05, 3.63) is 22.4 Å². The number of carboxylic acids is 1. The lowest BCUT2D eigenvalue weighted by Crippen LogP contribution is -2.18. The van der Waals surface area contributed by atoms with Crippen molar-refractivity contribution >= 4 is 17.3 Å². The largest absolute Gasteiger partial charge is 0.481 e. The summed E-state index contributed by atoms with van der Waals surface area (Å²) >= 11 is 1.53. The quantitative estimate of drug-likeness (QED) is 0.812. The summed E-state index contributed by atoms with van der Waals surface area (Å²) < 4.78 is 0. The van der Waals surface area contributed by atoms with Crippen LogP contribution in [-0.2, 0) is 4.79 Å². The van der Waals surface area contributed by atoms with Crippen molar-refractivity contribution in [1.29, 1.82) is 0 Å². The Kier molecular flexibility index (Phi) is 4.14. The standard InChI is InChI=1S/C11H16O2S/c1-3-5-8(2)10(11(12)13)9-6-4-7-14-9/h4,6-8,10H,3,5H2,1-2H3,(H,12,13). The molecule has 0 saturated carbocycles. The van der Waals surface area contributed by atoms with E-state index in [1.165, 1.54) is 11.3 Å². The predicted octanol–water partition coefficient (Wildman–Crippen LogP) is 3.35. The van der Waals surface area contributed by atoms with Crippen molar-refractivity contribution in [2.24, 2.45) is 5.92 Å². The molecule has 2 unspecified atom stereocenters. The monoisotopic (exact) mass is 212 g/mol. The third kappa shape index (κ3) is 2.58. The van der Waals surface area contributed by atoms with Gasteiger partial charge in [0, 0.05) is 4.88 Å². The average molecular weight is 212 g/mol. The van der Waals surface area contributed by atoms with E-state index in [9.17, 15) is 4.79 Å². The first-order valence-corrected chi connectivity index (χ1v) is 5.81. The molecule has 2 nitrogen and oxygen atoms in total. The molecule has 0 amide bonds. The maximum atomic E-state index is 11.1. The number of aliphatic carboxylic acids is 1. The Labute approximate surface area is 88.6 Å². The molecule has 1 N–H and O–H groups in total. The van der Waals surface area contributed by atoms with Gasteiger partial charge in [-0.05, 0) is 23.8 Å². The van der Waals surface area contributed by atoms with E-state index >= 15 is 0 Å². The zero-order chi connectivity index (χ0) is 10.6. The molecule has 1 rings (SSSR count). The fraction of sp³-hybridized carbons (Fsp3) is 0.545. The summed E-state index contributed by atoms with van der Waals surface area (Å²) in [6.07, 6.45) is 2.01. The molecule has 0 aromatic carbocycles. The second kappa shape index (κ2) is 5.15. The first-order valence-electron chi connectivity index (χ1n) is 4.93. The Bertz CT molecular complexity index is 279. The third-order valence-corrected chi connectivity index (χ3v) is 3.38. The molecular formula is C11H16O2S. The molecule has 14 heavy (non-hydrogen) atoms. The van der Waals surface area contributed by atoms with Crippen LogP contribution in [-0.4, -0.2) is 11.1 Å². The molecule has 0 aliphatic rings. The van der Waals surface area contributed by atoms with Gasteiger partial charge >= 0.3 is 5.97 Å². The van der Waals surface area contributed by atoms with Crippen LogP contribution in [0.15, 0.2) is 17.5 Å². The predicted molar refractivity (Wildman–Crippen MR) is 58.8 cm³/mol. The fourth-order valence-corrected chi connectivity index (χ4v) is 2.69. The summed E-state index contributed by atoms with van der Waals surface area (Å²) in [5.74, 6) is -0.806. The second-order valence-electron chi connectivity index (χ2n) is 3.60. The van der Waals surface area contributed by atoms with Gasteiger partial charge in [0.15, 0.2) is 0 Å². The van der Waals surface area contributed by atoms with Gasteiger partial charge in [-0.2, -0.15) is 0 Å². The van der Waals surface area contributed by atoms with Crippen LogP contribution in [0.4, 0.5) is 0 Å². The minimum atomic E-state index is -0.701. The Hall–Kier alpha value is -0.830. The van der Waals surface area contributed by atoms with Gasteiger partial charge in [-0.25, -0.2) is 0 Å². The van der Waals surface area contributed by atoms with Gasteiger partial charge in [0.2, 0.25) is 0 Å². The van der Waals surface area contributed by atoms with Crippen molar-refractivity contribution in [3.8, 4) is 0 Å². The van der Waals surface area contributed by atoms with Crippen molar-refractivity contribution in [2.75, 3.05) is 0 Å². The van der Waals surface area contributed by atoms with E-state index < -0.39 is 5.97 Å². The van der Waals surface area contributed by atoms with E-state index in [0.717, 1.165) is 17.7 Å². The number of hydrogen-bond donors (Lipinski definition) is 1. The molecule has 0 radical (unpaired) electrons. The van der Waals surface area contributed by atoms with Crippen molar-refractivity contribution in [1.82, 2.24) is 0 Å². The summed E-state index contributed by atoms with van der Waals surface area (Å²) in [6.45, 7) is 4.10. The smallest absolute Gasteiger partial charge is 0.312 e. The number of thiophene rings is 1. The molecule has 0 aliphatic carbocycles. The van der Waals surface area contributed by atoms with Crippen LogP contribution in [0.3, 0.4) is 0 Å². The number of carboxylic acid groups (broad SMARTS) is 1. The van der Waals surface area contributed by atoms with E-state index in [0.29, 0.717) is 0 Å². The lowest BCUT2D eigenvalue weighted by molar-refractivity contribution is -0.140. The third-order valence-electron chi connectivity index (χ3n) is 2.43. The van der Waals surface area contributed by atoms with Gasteiger partial charge in [-0.1, -0.05) is 26.3 Å². The van der Waals surface area contributed by atoms with Gasteiger partial charge in [-0.15, -0.1) is 11.3 Å². The van der Waals surface area contributed by atoms with Crippen LogP contribution in [0.25, 0.3) is 0 Å². The van der Waals surface area contributed by atoms with Gasteiger partial charge < -0.3 is 5.11 Å². The molecule has 1 aromatic rings. The molecule has 1 heterocycles. The van der Waals surface area contributed by atoms with Crippen LogP contribution in [0.5, 0.6) is 0 Å². The molecule has 78 valence electrons. The zero-order valence-electron chi connectivity index (χ0n) is 8.56. The zero-order valence-corrected chi connectivity index (χ0v) is 9.38. The molecule has 0 aliphatic heterocycles. The van der Waals surface area contributed by atoms with Crippen LogP contribution < -0.4 is 0 Å². The Morgan fingerprint density at radius 1 is 1.64 bits per heavy atom. The van der Waals surface area contributed by atoms with Gasteiger partial charge in [0.1, 0.15) is 0 Å². The summed E-state index contributed by atoms with van der Waals surface area (Å²) in [5, 5.41) is 11.1. The van der Waals surface area contributed by atoms with Gasteiger partial charge in [0.05, 0.1) is 5.92 Å². The highest BCUT2D eigenvalue weighted by Crippen LogP contribution is 2.31. The summed E-state index contributed by atoms with van der Waals surface area (Å²) in [7, 11) is 0. The summed E-state index contributed by atoms with van der Waals surface area (Å²) in [4.78, 5) is 12.1. The van der Waals surface area contributed by atoms with Crippen LogP contribution in [0.1, 0.15) is 37.5 Å². The lowest BCUT2D eigenvalue weighted by Gasteiger charge is -2.17. The molecule has 0 spiro atoms. The highest BCUT2D eigenvalue weighted by Gasteiger charge is 2.26. The second-order valence-corrected chi connectivity index (χ2v) is 4.58. The minimum absolute atomic E-state index is 0.219. The molecule has 2 atom stereocenters. The van der Waals surface area contributed by atoms with E-state index in [1.807, 2.05) is 24.4 Å². The SMILES string of the molecule is CCCC(C)C(C(=O)O)c1cccs1. The highest BCUT2D eigenvalue weighted by molar-refractivity contribution is 7.10. The molecule has 0 bridgehead atoms. The summed E-state index contributed by atoms with van der Waals surface area (Å²) in [6, 6.07) is 3.82. The molecule has 0 saturated heterocycles. The molecular weight excluding hydrogens is 196 g/mol. The van der Waals surface area contributed by atoms with Crippen LogP contribution in [0, 0.1) is 5.92 Å². The maximum Gasteiger partial charge on any atom is 0.312 e. The topological polar surface area (TPSA) is 37.3 Å². The van der Waals surface area contributed by atoms with Crippen molar-refractivity contribution in [3.63, 3.8) is 0 Å². The van der Waals surface area contributed by atoms with Crippen molar-refractivity contribution < 1.29 is 9.90 Å². The Balaban J connectivity index is 2.80. The highest BCUT2D eigenvalue weighted by atomic mass is 32.1. The van der Waals surface area contributed by atoms with Crippen molar-refractivity contribution in [2.45, 2.75) is 32.6 Å². The number of rotatable bonds is 5. The first kappa shape index (κ1) is 11.2. The fourth-order valence-electron chi connectivity index (χ4n) is 1.74. The minimum Gasteiger partial charge on any atom is -0.481 e. The maximum absolute atomic E-state index is 11.1. The number of carbonyl (C=O) groups is 1. The molecule has 0 fully saturated rings. The van der Waals surface area contributed by atoms with Gasteiger partial charge in [0.25, 0.3) is 0 Å². The Morgan fingerprint density at radius 3 is 2.79 bits per heavy atom. The summed E-state index contributed by atoms with van der Waals surface area (Å²) in [5.41, 5.74) is 0. The lowest BCUT2D eigenvalue weighted by atomic mass is 9.89. The Morgan fingerprint density at radius 2 is 2.36 bits per heavy atom. The molecule has 3 heteroatoms. The normalized spacial score (nSPS) is 15.0.